The van der Waals surface area contributed by atoms with Crippen molar-refractivity contribution in [2.24, 2.45) is 11.7 Å². The highest BCUT2D eigenvalue weighted by Gasteiger charge is 2.29. The van der Waals surface area contributed by atoms with Crippen molar-refractivity contribution >= 4 is 0 Å². The lowest BCUT2D eigenvalue weighted by Crippen LogP contribution is -2.44. The maximum atomic E-state index is 6.01. The third kappa shape index (κ3) is 3.32. The van der Waals surface area contributed by atoms with E-state index in [0.717, 1.165) is 12.5 Å². The summed E-state index contributed by atoms with van der Waals surface area (Å²) >= 11 is 0. The highest BCUT2D eigenvalue weighted by molar-refractivity contribution is 5.32. The van der Waals surface area contributed by atoms with Gasteiger partial charge in [-0.1, -0.05) is 37.1 Å². The summed E-state index contributed by atoms with van der Waals surface area (Å²) in [6.45, 7) is 2.06. The van der Waals surface area contributed by atoms with Crippen LogP contribution in [-0.4, -0.2) is 31.1 Å². The maximum absolute atomic E-state index is 6.01. The van der Waals surface area contributed by atoms with Crippen molar-refractivity contribution in [2.75, 3.05) is 20.1 Å². The van der Waals surface area contributed by atoms with Crippen molar-refractivity contribution in [3.63, 3.8) is 0 Å². The molecular formula is C19H30N2. The number of nitrogens with two attached hydrogens (primary N) is 1. The van der Waals surface area contributed by atoms with Gasteiger partial charge in [-0.15, -0.1) is 0 Å². The van der Waals surface area contributed by atoms with Crippen molar-refractivity contribution in [3.05, 3.63) is 35.4 Å². The molecular weight excluding hydrogens is 256 g/mol. The fourth-order valence-electron chi connectivity index (χ4n) is 4.57. The van der Waals surface area contributed by atoms with Gasteiger partial charge in [0.1, 0.15) is 0 Å². The fourth-order valence-corrected chi connectivity index (χ4v) is 4.57. The van der Waals surface area contributed by atoms with Crippen molar-refractivity contribution in [3.8, 4) is 0 Å². The first-order valence-corrected chi connectivity index (χ1v) is 8.77. The Hall–Kier alpha value is -0.860. The Morgan fingerprint density at radius 1 is 1.10 bits per heavy atom. The Morgan fingerprint density at radius 2 is 1.90 bits per heavy atom. The van der Waals surface area contributed by atoms with Crippen LogP contribution in [0.4, 0.5) is 0 Å². The van der Waals surface area contributed by atoms with Gasteiger partial charge >= 0.3 is 0 Å². The van der Waals surface area contributed by atoms with Crippen LogP contribution in [0.15, 0.2) is 24.3 Å². The van der Waals surface area contributed by atoms with E-state index in [1.165, 1.54) is 51.5 Å². The summed E-state index contributed by atoms with van der Waals surface area (Å²) in [4.78, 5) is 2.63. The Kier molecular flexibility index (Phi) is 4.97. The van der Waals surface area contributed by atoms with Gasteiger partial charge in [0.15, 0.2) is 0 Å². The van der Waals surface area contributed by atoms with Crippen LogP contribution in [0.2, 0.25) is 0 Å². The van der Waals surface area contributed by atoms with E-state index in [2.05, 4.69) is 36.2 Å². The van der Waals surface area contributed by atoms with Crippen molar-refractivity contribution < 1.29 is 0 Å². The first-order chi connectivity index (χ1) is 10.3. The van der Waals surface area contributed by atoms with Gasteiger partial charge in [0.2, 0.25) is 0 Å². The van der Waals surface area contributed by atoms with Crippen molar-refractivity contribution in [1.82, 2.24) is 4.90 Å². The van der Waals surface area contributed by atoms with Gasteiger partial charge in [0.05, 0.1) is 0 Å². The normalized spacial score (nSPS) is 29.4. The molecule has 3 unspecified atom stereocenters. The molecule has 0 radical (unpaired) electrons. The predicted octanol–water partition coefficient (Wildman–Crippen LogP) is 3.56. The van der Waals surface area contributed by atoms with Crippen molar-refractivity contribution in [1.29, 1.82) is 0 Å². The van der Waals surface area contributed by atoms with Crippen LogP contribution in [0.3, 0.4) is 0 Å². The summed E-state index contributed by atoms with van der Waals surface area (Å²) in [5, 5.41) is 0. The smallest absolute Gasteiger partial charge is 0.0133 e. The van der Waals surface area contributed by atoms with Crippen LogP contribution in [0.1, 0.15) is 55.6 Å². The standard InChI is InChI=1S/C19H30N2/c1-21(19-12-5-3-8-16(19)13-20)14-17-10-6-9-15-7-2-4-11-18(15)17/h2,4,7,11,16-17,19H,3,5-6,8-10,12-14,20H2,1H3. The number of hydrogen-bond donors (Lipinski definition) is 1. The maximum Gasteiger partial charge on any atom is 0.0133 e. The molecule has 2 aliphatic carbocycles. The molecule has 0 spiro atoms. The monoisotopic (exact) mass is 286 g/mol. The van der Waals surface area contributed by atoms with E-state index in [-0.39, 0.29) is 0 Å². The third-order valence-corrected chi connectivity index (χ3v) is 5.74. The van der Waals surface area contributed by atoms with Gasteiger partial charge < -0.3 is 10.6 Å². The zero-order chi connectivity index (χ0) is 14.7. The minimum absolute atomic E-state index is 0.706. The molecule has 3 atom stereocenters. The SMILES string of the molecule is CN(CC1CCCc2ccccc21)C1CCCCC1CN. The molecule has 116 valence electrons. The van der Waals surface area contributed by atoms with E-state index in [1.54, 1.807) is 11.1 Å². The lowest BCUT2D eigenvalue weighted by molar-refractivity contribution is 0.124. The first-order valence-electron chi connectivity index (χ1n) is 8.77. The molecule has 1 aromatic rings. The van der Waals surface area contributed by atoms with E-state index < -0.39 is 0 Å². The van der Waals surface area contributed by atoms with E-state index in [4.69, 9.17) is 5.73 Å². The molecule has 3 rings (SSSR count). The second-order valence-corrected chi connectivity index (χ2v) is 7.08. The molecule has 21 heavy (non-hydrogen) atoms. The second-order valence-electron chi connectivity index (χ2n) is 7.08. The van der Waals surface area contributed by atoms with E-state index >= 15 is 0 Å². The number of benzene rings is 1. The summed E-state index contributed by atoms with van der Waals surface area (Å²) in [6, 6.07) is 9.79. The van der Waals surface area contributed by atoms with Gasteiger partial charge in [-0.3, -0.25) is 0 Å². The second kappa shape index (κ2) is 6.93. The molecule has 0 saturated heterocycles. The number of nitrogens with zero attached hydrogens (tertiary/aromatic N) is 1. The summed E-state index contributed by atoms with van der Waals surface area (Å²) in [5.74, 6) is 1.43. The van der Waals surface area contributed by atoms with E-state index in [1.807, 2.05) is 0 Å². The molecule has 1 saturated carbocycles. The molecule has 0 bridgehead atoms. The summed E-state index contributed by atoms with van der Waals surface area (Å²) < 4.78 is 0. The molecule has 1 aromatic carbocycles. The molecule has 0 aromatic heterocycles. The Bertz CT molecular complexity index is 457. The average Bonchev–Trinajstić information content (AvgIpc) is 2.55. The van der Waals surface area contributed by atoms with Crippen LogP contribution in [0, 0.1) is 5.92 Å². The lowest BCUT2D eigenvalue weighted by atomic mass is 9.80. The molecule has 2 nitrogen and oxygen atoms in total. The molecule has 0 aliphatic heterocycles. The van der Waals surface area contributed by atoms with Gasteiger partial charge in [0, 0.05) is 12.6 Å². The molecule has 2 heteroatoms. The van der Waals surface area contributed by atoms with Crippen molar-refractivity contribution in [2.45, 2.75) is 56.9 Å². The number of aryl methyl sites for hydroxylation is 1. The number of rotatable bonds is 4. The Balaban J connectivity index is 1.69. The largest absolute Gasteiger partial charge is 0.330 e. The highest BCUT2D eigenvalue weighted by Crippen LogP contribution is 2.34. The van der Waals surface area contributed by atoms with Crippen LogP contribution in [0.5, 0.6) is 0 Å². The van der Waals surface area contributed by atoms with Crippen LogP contribution < -0.4 is 5.73 Å². The van der Waals surface area contributed by atoms with Crippen LogP contribution in [-0.2, 0) is 6.42 Å². The van der Waals surface area contributed by atoms with Gasteiger partial charge in [-0.25, -0.2) is 0 Å². The fraction of sp³-hybridized carbons (Fsp3) is 0.684. The summed E-state index contributed by atoms with van der Waals surface area (Å²) in [5.41, 5.74) is 9.21. The Morgan fingerprint density at radius 3 is 2.76 bits per heavy atom. The Labute approximate surface area is 129 Å². The molecule has 2 N–H and O–H groups in total. The van der Waals surface area contributed by atoms with Gasteiger partial charge in [-0.05, 0) is 68.7 Å². The topological polar surface area (TPSA) is 29.3 Å². The predicted molar refractivity (Wildman–Crippen MR) is 89.6 cm³/mol. The lowest BCUT2D eigenvalue weighted by Gasteiger charge is -2.40. The number of likely N-dealkylation sites (N-methyl/N-ethyl adjacent to an activating group) is 1. The zero-order valence-electron chi connectivity index (χ0n) is 13.4. The minimum Gasteiger partial charge on any atom is -0.330 e. The molecule has 0 amide bonds. The van der Waals surface area contributed by atoms with E-state index in [9.17, 15) is 0 Å². The summed E-state index contributed by atoms with van der Waals surface area (Å²) in [7, 11) is 2.33. The zero-order valence-corrected chi connectivity index (χ0v) is 13.4. The molecule has 1 fully saturated rings. The van der Waals surface area contributed by atoms with Crippen LogP contribution >= 0.6 is 0 Å². The highest BCUT2D eigenvalue weighted by atomic mass is 15.1. The van der Waals surface area contributed by atoms with Crippen LogP contribution in [0.25, 0.3) is 0 Å². The first kappa shape index (κ1) is 15.1. The van der Waals surface area contributed by atoms with Gasteiger partial charge in [0.25, 0.3) is 0 Å². The minimum atomic E-state index is 0.706. The van der Waals surface area contributed by atoms with E-state index in [0.29, 0.717) is 12.0 Å². The third-order valence-electron chi connectivity index (χ3n) is 5.74. The van der Waals surface area contributed by atoms with Gasteiger partial charge in [-0.2, -0.15) is 0 Å². The number of fused-ring (bicyclic) bond motifs is 1. The molecule has 2 aliphatic rings. The molecule has 0 heterocycles. The average molecular weight is 286 g/mol. The summed E-state index contributed by atoms with van der Waals surface area (Å²) in [6.07, 6.45) is 9.39. The quantitative estimate of drug-likeness (QED) is 0.917. The number of hydrogen-bond acceptors (Lipinski definition) is 2.